The van der Waals surface area contributed by atoms with Gasteiger partial charge in [-0.2, -0.15) is 13.1 Å². The fourth-order valence-corrected chi connectivity index (χ4v) is 3.99. The zero-order valence-electron chi connectivity index (χ0n) is 15.2. The lowest BCUT2D eigenvalue weighted by Gasteiger charge is -2.19. The van der Waals surface area contributed by atoms with E-state index in [-0.39, 0.29) is 29.4 Å². The van der Waals surface area contributed by atoms with Crippen molar-refractivity contribution in [2.75, 3.05) is 18.4 Å². The van der Waals surface area contributed by atoms with Crippen LogP contribution in [0.1, 0.15) is 24.2 Å². The molecule has 2 aromatic carbocycles. The monoisotopic (exact) mass is 416 g/mol. The van der Waals surface area contributed by atoms with Gasteiger partial charge in [0.25, 0.3) is 5.91 Å². The van der Waals surface area contributed by atoms with Crippen molar-refractivity contribution in [1.82, 2.24) is 4.31 Å². The van der Waals surface area contributed by atoms with Crippen molar-refractivity contribution < 1.29 is 31.1 Å². The summed E-state index contributed by atoms with van der Waals surface area (Å²) in [5.41, 5.74) is -0.649. The lowest BCUT2D eigenvalue weighted by atomic mass is 10.2. The highest BCUT2D eigenvalue weighted by Crippen LogP contribution is 2.27. The minimum atomic E-state index is -3.91. The van der Waals surface area contributed by atoms with Gasteiger partial charge in [0.1, 0.15) is 11.6 Å². The number of nitrogens with one attached hydrogen (secondary N) is 1. The normalized spacial score (nSPS) is 11.7. The van der Waals surface area contributed by atoms with Crippen LogP contribution < -0.4 is 10.1 Å². The Labute approximate surface area is 161 Å². The molecule has 0 radical (unpaired) electrons. The minimum absolute atomic E-state index is 0.107. The van der Waals surface area contributed by atoms with Gasteiger partial charge in [-0.15, -0.1) is 0 Å². The van der Waals surface area contributed by atoms with E-state index in [4.69, 9.17) is 0 Å². The molecule has 0 aromatic heterocycles. The number of amides is 1. The molecule has 0 bridgehead atoms. The molecule has 2 rings (SSSR count). The molecule has 1 N–H and O–H groups in total. The van der Waals surface area contributed by atoms with Crippen molar-refractivity contribution in [2.24, 2.45) is 0 Å². The third-order valence-corrected chi connectivity index (χ3v) is 5.92. The molecule has 1 amide bonds. The van der Waals surface area contributed by atoms with Gasteiger partial charge in [-0.25, -0.2) is 12.8 Å². The summed E-state index contributed by atoms with van der Waals surface area (Å²) in [4.78, 5) is 12.2. The molecule has 0 fully saturated rings. The fraction of sp³-hybridized carbons (Fsp3) is 0.278. The highest BCUT2D eigenvalue weighted by Gasteiger charge is 2.24. The quantitative estimate of drug-likeness (QED) is 0.712. The number of hydrogen-bond acceptors (Lipinski definition) is 4. The third-order valence-electron chi connectivity index (χ3n) is 3.88. The maximum atomic E-state index is 14.2. The van der Waals surface area contributed by atoms with Crippen LogP contribution in [0.15, 0.2) is 47.4 Å². The lowest BCUT2D eigenvalue weighted by molar-refractivity contribution is -0.0493. The summed E-state index contributed by atoms with van der Waals surface area (Å²) in [6.07, 6.45) is 0. The molecule has 0 saturated heterocycles. The molecule has 0 spiro atoms. The number of sulfonamides is 1. The van der Waals surface area contributed by atoms with Crippen LogP contribution >= 0.6 is 0 Å². The number of para-hydroxylation sites is 2. The van der Waals surface area contributed by atoms with E-state index >= 15 is 0 Å². The van der Waals surface area contributed by atoms with Crippen molar-refractivity contribution in [2.45, 2.75) is 25.4 Å². The number of hydrogen-bond donors (Lipinski definition) is 1. The number of carbonyl (C=O) groups is 1. The molecule has 0 unspecified atom stereocenters. The fourth-order valence-electron chi connectivity index (χ4n) is 2.51. The molecule has 0 saturated carbocycles. The predicted octanol–water partition coefficient (Wildman–Crippen LogP) is 3.71. The molecule has 2 aromatic rings. The summed E-state index contributed by atoms with van der Waals surface area (Å²) in [6, 6.07) is 8.23. The van der Waals surface area contributed by atoms with Crippen molar-refractivity contribution in [3.05, 3.63) is 53.8 Å². The Hall–Kier alpha value is -2.59. The van der Waals surface area contributed by atoms with Crippen LogP contribution in [0, 0.1) is 5.82 Å². The first-order valence-electron chi connectivity index (χ1n) is 8.35. The van der Waals surface area contributed by atoms with E-state index in [0.29, 0.717) is 0 Å². The Morgan fingerprint density at radius 2 is 1.79 bits per heavy atom. The second-order valence-corrected chi connectivity index (χ2v) is 7.50. The predicted molar refractivity (Wildman–Crippen MR) is 97.5 cm³/mol. The van der Waals surface area contributed by atoms with Gasteiger partial charge in [0.2, 0.25) is 10.0 Å². The van der Waals surface area contributed by atoms with Crippen LogP contribution in [0.25, 0.3) is 0 Å². The van der Waals surface area contributed by atoms with Crippen molar-refractivity contribution >= 4 is 21.6 Å². The molecule has 152 valence electrons. The number of rotatable bonds is 8. The van der Waals surface area contributed by atoms with Crippen molar-refractivity contribution in [3.63, 3.8) is 0 Å². The number of halogens is 3. The number of anilines is 1. The summed E-state index contributed by atoms with van der Waals surface area (Å²) in [6.45, 7) is 0.597. The summed E-state index contributed by atoms with van der Waals surface area (Å²) < 4.78 is 69.8. The highest BCUT2D eigenvalue weighted by atomic mass is 32.2. The summed E-state index contributed by atoms with van der Waals surface area (Å²) in [7, 11) is -3.91. The Bertz CT molecular complexity index is 948. The van der Waals surface area contributed by atoms with E-state index in [1.165, 1.54) is 24.3 Å². The summed E-state index contributed by atoms with van der Waals surface area (Å²) in [5.74, 6) is -2.26. The zero-order valence-corrected chi connectivity index (χ0v) is 16.0. The molecule has 0 atom stereocenters. The van der Waals surface area contributed by atoms with E-state index in [9.17, 15) is 26.4 Å². The van der Waals surface area contributed by atoms with Gasteiger partial charge < -0.3 is 10.1 Å². The average Bonchev–Trinajstić information content (AvgIpc) is 2.63. The van der Waals surface area contributed by atoms with Crippen molar-refractivity contribution in [1.29, 1.82) is 0 Å². The maximum absolute atomic E-state index is 14.2. The van der Waals surface area contributed by atoms with E-state index in [1.54, 1.807) is 13.8 Å². The van der Waals surface area contributed by atoms with E-state index in [2.05, 4.69) is 10.1 Å². The lowest BCUT2D eigenvalue weighted by Crippen LogP contribution is -2.31. The first-order chi connectivity index (χ1) is 13.2. The number of carbonyl (C=O) groups excluding carboxylic acids is 1. The molecule has 10 heteroatoms. The summed E-state index contributed by atoms with van der Waals surface area (Å²) >= 11 is 0. The Morgan fingerprint density at radius 1 is 1.14 bits per heavy atom. The van der Waals surface area contributed by atoms with Crippen LogP contribution in [0.3, 0.4) is 0 Å². The SMILES string of the molecule is CCN(CC)S(=O)(=O)c1ccc(F)c(C(=O)Nc2ccccc2OC(F)F)c1. The summed E-state index contributed by atoms with van der Waals surface area (Å²) in [5, 5.41) is 2.26. The third kappa shape index (κ3) is 4.82. The second-order valence-electron chi connectivity index (χ2n) is 5.56. The van der Waals surface area contributed by atoms with E-state index in [1.807, 2.05) is 0 Å². The molecular weight excluding hydrogens is 397 g/mol. The minimum Gasteiger partial charge on any atom is -0.433 e. The number of alkyl halides is 2. The van der Waals surface area contributed by atoms with Crippen LogP contribution in [-0.4, -0.2) is 38.3 Å². The van der Waals surface area contributed by atoms with Crippen LogP contribution in [0.5, 0.6) is 5.75 Å². The van der Waals surface area contributed by atoms with Gasteiger partial charge in [0.05, 0.1) is 16.1 Å². The van der Waals surface area contributed by atoms with Gasteiger partial charge in [-0.1, -0.05) is 26.0 Å². The van der Waals surface area contributed by atoms with Crippen LogP contribution in [0.4, 0.5) is 18.9 Å². The van der Waals surface area contributed by atoms with Gasteiger partial charge in [-0.3, -0.25) is 4.79 Å². The first kappa shape index (κ1) is 21.7. The van der Waals surface area contributed by atoms with Gasteiger partial charge in [0, 0.05) is 13.1 Å². The second kappa shape index (κ2) is 9.07. The maximum Gasteiger partial charge on any atom is 0.387 e. The van der Waals surface area contributed by atoms with Crippen molar-refractivity contribution in [3.8, 4) is 5.75 Å². The van der Waals surface area contributed by atoms with Crippen LogP contribution in [0.2, 0.25) is 0 Å². The van der Waals surface area contributed by atoms with E-state index in [0.717, 1.165) is 22.5 Å². The van der Waals surface area contributed by atoms with Gasteiger partial charge >= 0.3 is 6.61 Å². The van der Waals surface area contributed by atoms with Gasteiger partial charge in [0.15, 0.2) is 0 Å². The Kier molecular flexibility index (Phi) is 7.03. The zero-order chi connectivity index (χ0) is 20.9. The number of ether oxygens (including phenoxy) is 1. The molecule has 0 heterocycles. The van der Waals surface area contributed by atoms with Gasteiger partial charge in [-0.05, 0) is 30.3 Å². The molecule has 0 aliphatic rings. The molecule has 0 aliphatic carbocycles. The molecule has 28 heavy (non-hydrogen) atoms. The highest BCUT2D eigenvalue weighted by molar-refractivity contribution is 7.89. The standard InChI is InChI=1S/C18H19F3N2O4S/c1-3-23(4-2)28(25,26)12-9-10-14(19)13(11-12)17(24)22-15-7-5-6-8-16(15)27-18(20)21/h5-11,18H,3-4H2,1-2H3,(H,22,24). The first-order valence-corrected chi connectivity index (χ1v) is 9.79. The Morgan fingerprint density at radius 3 is 2.39 bits per heavy atom. The Balaban J connectivity index is 2.37. The smallest absolute Gasteiger partial charge is 0.387 e. The average molecular weight is 416 g/mol. The number of nitrogens with zero attached hydrogens (tertiary/aromatic N) is 1. The topological polar surface area (TPSA) is 75.7 Å². The van der Waals surface area contributed by atoms with E-state index < -0.39 is 33.9 Å². The largest absolute Gasteiger partial charge is 0.433 e. The molecule has 6 nitrogen and oxygen atoms in total. The van der Waals surface area contributed by atoms with Crippen LogP contribution in [-0.2, 0) is 10.0 Å². The number of benzene rings is 2. The molecule has 0 aliphatic heterocycles. The molecular formula is C18H19F3N2O4S.